The Balaban J connectivity index is 1.72. The van der Waals surface area contributed by atoms with Gasteiger partial charge in [-0.1, -0.05) is 18.5 Å². The number of hydrogen-bond donors (Lipinski definition) is 3. The van der Waals surface area contributed by atoms with E-state index in [9.17, 15) is 10.1 Å². The molecule has 2 aliphatic rings. The van der Waals surface area contributed by atoms with Crippen LogP contribution in [0.4, 0.5) is 11.4 Å². The Labute approximate surface area is 143 Å². The van der Waals surface area contributed by atoms with Gasteiger partial charge in [-0.15, -0.1) is 0 Å². The van der Waals surface area contributed by atoms with Gasteiger partial charge in [0.2, 0.25) is 0 Å². The third-order valence-corrected chi connectivity index (χ3v) is 3.82. The highest BCUT2D eigenvalue weighted by Crippen LogP contribution is 2.32. The number of ether oxygens (including phenoxy) is 2. The Kier molecular flexibility index (Phi) is 4.50. The summed E-state index contributed by atoms with van der Waals surface area (Å²) in [6.45, 7) is 3.77. The van der Waals surface area contributed by atoms with Crippen molar-refractivity contribution < 1.29 is 14.4 Å². The van der Waals surface area contributed by atoms with Gasteiger partial charge in [-0.05, 0) is 12.1 Å². The molecule has 1 saturated heterocycles. The third-order valence-electron chi connectivity index (χ3n) is 3.62. The molecule has 1 aromatic rings. The predicted octanol–water partition coefficient (Wildman–Crippen LogP) is 2.45. The quantitative estimate of drug-likeness (QED) is 0.411. The average Bonchev–Trinajstić information content (AvgIpc) is 2.52. The molecule has 0 bridgehead atoms. The number of nitrogens with one attached hydrogen (secondary N) is 3. The van der Waals surface area contributed by atoms with Crippen LogP contribution in [-0.4, -0.2) is 24.7 Å². The van der Waals surface area contributed by atoms with E-state index in [4.69, 9.17) is 21.1 Å². The zero-order chi connectivity index (χ0) is 17.2. The third kappa shape index (κ3) is 3.72. The molecule has 2 aliphatic heterocycles. The van der Waals surface area contributed by atoms with Crippen molar-refractivity contribution >= 4 is 23.0 Å². The summed E-state index contributed by atoms with van der Waals surface area (Å²) >= 11 is 5.85. The van der Waals surface area contributed by atoms with E-state index in [0.29, 0.717) is 42.2 Å². The van der Waals surface area contributed by atoms with Gasteiger partial charge in [0.15, 0.2) is 0 Å². The SMILES string of the molecule is CC1(COc2ccc(NC3=CNC=C(Cl)N3)c([N+](=O)[O-])c2)COC1. The topological polar surface area (TPSA) is 97.7 Å². The summed E-state index contributed by atoms with van der Waals surface area (Å²) in [7, 11) is 0. The maximum absolute atomic E-state index is 11.3. The first-order valence-corrected chi connectivity index (χ1v) is 7.68. The van der Waals surface area contributed by atoms with Crippen LogP contribution >= 0.6 is 11.6 Å². The highest BCUT2D eigenvalue weighted by molar-refractivity contribution is 6.29. The Hall–Kier alpha value is -2.45. The Morgan fingerprint density at radius 1 is 1.46 bits per heavy atom. The summed E-state index contributed by atoms with van der Waals surface area (Å²) in [6, 6.07) is 4.69. The van der Waals surface area contributed by atoms with Crippen molar-refractivity contribution in [2.75, 3.05) is 25.1 Å². The van der Waals surface area contributed by atoms with Gasteiger partial charge in [0, 0.05) is 17.8 Å². The number of halogens is 1. The lowest BCUT2D eigenvalue weighted by molar-refractivity contribution is -0.384. The van der Waals surface area contributed by atoms with Gasteiger partial charge >= 0.3 is 0 Å². The fraction of sp³-hybridized carbons (Fsp3) is 0.333. The lowest BCUT2D eigenvalue weighted by Gasteiger charge is -2.37. The second kappa shape index (κ2) is 6.58. The molecule has 128 valence electrons. The normalized spacial score (nSPS) is 18.2. The number of nitro benzene ring substituents is 1. The second-order valence-corrected chi connectivity index (χ2v) is 6.40. The largest absolute Gasteiger partial charge is 0.493 e. The smallest absolute Gasteiger partial charge is 0.296 e. The molecule has 0 spiro atoms. The maximum atomic E-state index is 11.3. The van der Waals surface area contributed by atoms with E-state index in [2.05, 4.69) is 16.0 Å². The number of anilines is 1. The number of rotatable bonds is 6. The molecular formula is C15H17ClN4O4. The zero-order valence-electron chi connectivity index (χ0n) is 13.0. The highest BCUT2D eigenvalue weighted by Gasteiger charge is 2.34. The van der Waals surface area contributed by atoms with Crippen molar-refractivity contribution in [3.8, 4) is 5.75 Å². The molecule has 2 heterocycles. The van der Waals surface area contributed by atoms with Gasteiger partial charge in [-0.25, -0.2) is 0 Å². The fourth-order valence-corrected chi connectivity index (χ4v) is 2.43. The molecular weight excluding hydrogens is 336 g/mol. The van der Waals surface area contributed by atoms with Gasteiger partial charge in [0.05, 0.1) is 30.8 Å². The molecule has 9 heteroatoms. The van der Waals surface area contributed by atoms with Gasteiger partial charge in [0.1, 0.15) is 22.4 Å². The van der Waals surface area contributed by atoms with Crippen LogP contribution < -0.4 is 20.7 Å². The van der Waals surface area contributed by atoms with Crippen molar-refractivity contribution in [1.82, 2.24) is 10.6 Å². The minimum Gasteiger partial charge on any atom is -0.493 e. The van der Waals surface area contributed by atoms with Crippen LogP contribution in [-0.2, 0) is 4.74 Å². The molecule has 0 unspecified atom stereocenters. The maximum Gasteiger partial charge on any atom is 0.296 e. The van der Waals surface area contributed by atoms with Crippen LogP contribution in [0.1, 0.15) is 6.92 Å². The van der Waals surface area contributed by atoms with E-state index >= 15 is 0 Å². The zero-order valence-corrected chi connectivity index (χ0v) is 13.7. The van der Waals surface area contributed by atoms with E-state index in [1.807, 2.05) is 6.92 Å². The molecule has 1 aromatic carbocycles. The van der Waals surface area contributed by atoms with E-state index in [0.717, 1.165) is 0 Å². The van der Waals surface area contributed by atoms with Crippen molar-refractivity contribution in [2.45, 2.75) is 6.92 Å². The number of hydrogen-bond acceptors (Lipinski definition) is 7. The molecule has 3 rings (SSSR count). The first-order chi connectivity index (χ1) is 11.5. The molecule has 24 heavy (non-hydrogen) atoms. The van der Waals surface area contributed by atoms with Gasteiger partial charge < -0.3 is 25.4 Å². The van der Waals surface area contributed by atoms with Crippen LogP contribution in [0.2, 0.25) is 0 Å². The van der Waals surface area contributed by atoms with E-state index in [-0.39, 0.29) is 11.1 Å². The molecule has 3 N–H and O–H groups in total. The molecule has 0 radical (unpaired) electrons. The van der Waals surface area contributed by atoms with E-state index in [1.165, 1.54) is 6.07 Å². The summed E-state index contributed by atoms with van der Waals surface area (Å²) in [5, 5.41) is 20.3. The molecule has 0 aliphatic carbocycles. The lowest BCUT2D eigenvalue weighted by atomic mass is 9.90. The van der Waals surface area contributed by atoms with Gasteiger partial charge in [-0.2, -0.15) is 0 Å². The standard InChI is InChI=1S/C15H17ClN4O4/c1-15(7-23-8-15)9-24-10-2-3-11(12(4-10)20(21)22)18-14-6-17-5-13(16)19-14/h2-6,17-19H,7-9H2,1H3. The minimum atomic E-state index is -0.461. The Morgan fingerprint density at radius 2 is 2.25 bits per heavy atom. The predicted molar refractivity (Wildman–Crippen MR) is 89.4 cm³/mol. The van der Waals surface area contributed by atoms with Crippen LogP contribution in [0, 0.1) is 15.5 Å². The van der Waals surface area contributed by atoms with Crippen molar-refractivity contribution in [3.05, 3.63) is 51.7 Å². The monoisotopic (exact) mass is 352 g/mol. The lowest BCUT2D eigenvalue weighted by Crippen LogP contribution is -2.44. The number of benzene rings is 1. The molecule has 0 atom stereocenters. The summed E-state index contributed by atoms with van der Waals surface area (Å²) in [5.74, 6) is 0.945. The van der Waals surface area contributed by atoms with Crippen LogP contribution in [0.25, 0.3) is 0 Å². The van der Waals surface area contributed by atoms with Crippen molar-refractivity contribution in [2.24, 2.45) is 5.41 Å². The minimum absolute atomic E-state index is 0.0305. The second-order valence-electron chi connectivity index (χ2n) is 6.00. The van der Waals surface area contributed by atoms with Crippen LogP contribution in [0.5, 0.6) is 5.75 Å². The van der Waals surface area contributed by atoms with E-state index in [1.54, 1.807) is 24.5 Å². The summed E-state index contributed by atoms with van der Waals surface area (Å²) in [5.41, 5.74) is 0.213. The summed E-state index contributed by atoms with van der Waals surface area (Å²) < 4.78 is 10.8. The van der Waals surface area contributed by atoms with Crippen LogP contribution in [0.3, 0.4) is 0 Å². The fourth-order valence-electron chi connectivity index (χ4n) is 2.26. The summed E-state index contributed by atoms with van der Waals surface area (Å²) in [6.07, 6.45) is 3.17. The summed E-state index contributed by atoms with van der Waals surface area (Å²) in [4.78, 5) is 10.9. The van der Waals surface area contributed by atoms with E-state index < -0.39 is 4.92 Å². The van der Waals surface area contributed by atoms with Gasteiger partial charge in [-0.3, -0.25) is 10.1 Å². The highest BCUT2D eigenvalue weighted by atomic mass is 35.5. The molecule has 1 fully saturated rings. The Bertz CT molecular complexity index is 715. The molecule has 0 saturated carbocycles. The number of nitro groups is 1. The molecule has 8 nitrogen and oxygen atoms in total. The first kappa shape index (κ1) is 16.4. The molecule has 0 aromatic heterocycles. The molecule has 0 amide bonds. The van der Waals surface area contributed by atoms with Crippen molar-refractivity contribution in [3.63, 3.8) is 0 Å². The first-order valence-electron chi connectivity index (χ1n) is 7.30. The van der Waals surface area contributed by atoms with Gasteiger partial charge in [0.25, 0.3) is 5.69 Å². The number of nitrogens with zero attached hydrogens (tertiary/aromatic N) is 1. The van der Waals surface area contributed by atoms with Crippen molar-refractivity contribution in [1.29, 1.82) is 0 Å². The Morgan fingerprint density at radius 3 is 2.88 bits per heavy atom. The average molecular weight is 353 g/mol. The van der Waals surface area contributed by atoms with Crippen LogP contribution in [0.15, 0.2) is 41.6 Å².